The van der Waals surface area contributed by atoms with Crippen molar-refractivity contribution < 1.29 is 54.4 Å². The number of aliphatic hydroxyl groups excluding tert-OH is 5. The number of aliphatic carboxylic acids is 1. The van der Waals surface area contributed by atoms with Crippen LogP contribution in [-0.4, -0.2) is 98.8 Å². The van der Waals surface area contributed by atoms with E-state index in [0.717, 1.165) is 11.8 Å². The molecule has 12 nitrogen and oxygen atoms in total. The number of carbonyl (C=O) groups excluding carboxylic acids is 1. The van der Waals surface area contributed by atoms with E-state index >= 15 is 0 Å². The summed E-state index contributed by atoms with van der Waals surface area (Å²) in [5.74, 6) is -3.05. The Morgan fingerprint density at radius 3 is 2.43 bits per heavy atom. The maximum absolute atomic E-state index is 13.1. The summed E-state index contributed by atoms with van der Waals surface area (Å²) < 4.78 is 16.8. The summed E-state index contributed by atoms with van der Waals surface area (Å²) in [7, 11) is 0. The lowest BCUT2D eigenvalue weighted by Crippen LogP contribution is -2.60. The van der Waals surface area contributed by atoms with Gasteiger partial charge in [0.15, 0.2) is 6.29 Å². The highest BCUT2D eigenvalue weighted by Gasteiger charge is 2.49. The van der Waals surface area contributed by atoms with Crippen LogP contribution in [0.1, 0.15) is 12.0 Å². The monoisotopic (exact) mass is 521 g/mol. The third kappa shape index (κ3) is 5.70. The molecule has 1 unspecified atom stereocenters. The van der Waals surface area contributed by atoms with Gasteiger partial charge in [0.05, 0.1) is 31.0 Å². The van der Waals surface area contributed by atoms with E-state index in [1.807, 2.05) is 0 Å². The molecule has 1 aliphatic carbocycles. The summed E-state index contributed by atoms with van der Waals surface area (Å²) >= 11 is 0. The van der Waals surface area contributed by atoms with Crippen LogP contribution in [0.25, 0.3) is 0 Å². The van der Waals surface area contributed by atoms with Crippen molar-refractivity contribution in [2.24, 2.45) is 11.8 Å². The molecule has 9 atom stereocenters. The Bertz CT molecular complexity index is 1030. The summed E-state index contributed by atoms with van der Waals surface area (Å²) in [6.45, 7) is -0.998. The number of fused-ring (bicyclic) bond motifs is 1. The molecule has 0 bridgehead atoms. The van der Waals surface area contributed by atoms with Crippen LogP contribution in [0.4, 0.5) is 0 Å². The summed E-state index contributed by atoms with van der Waals surface area (Å²) in [5.41, 5.74) is 1.41. The first kappa shape index (κ1) is 27.2. The highest BCUT2D eigenvalue weighted by atomic mass is 16.8. The van der Waals surface area contributed by atoms with E-state index in [1.54, 1.807) is 36.4 Å². The van der Waals surface area contributed by atoms with Gasteiger partial charge in [-0.25, -0.2) is 4.79 Å². The number of carboxylic acid groups (broad SMARTS) is 1. The molecular weight excluding hydrogens is 490 g/mol. The van der Waals surface area contributed by atoms with Gasteiger partial charge in [0.2, 0.25) is 6.29 Å². The Morgan fingerprint density at radius 2 is 1.78 bits per heavy atom. The van der Waals surface area contributed by atoms with Crippen molar-refractivity contribution in [1.82, 2.24) is 5.32 Å². The number of aliphatic hydroxyl groups is 5. The minimum atomic E-state index is -1.66. The van der Waals surface area contributed by atoms with Gasteiger partial charge in [-0.15, -0.1) is 0 Å². The molecule has 1 saturated heterocycles. The van der Waals surface area contributed by atoms with Gasteiger partial charge in [0.25, 0.3) is 5.91 Å². The van der Waals surface area contributed by atoms with Gasteiger partial charge in [-0.3, -0.25) is 4.79 Å². The predicted molar refractivity (Wildman–Crippen MR) is 124 cm³/mol. The quantitative estimate of drug-likeness (QED) is 0.185. The first-order valence-corrected chi connectivity index (χ1v) is 11.9. The SMILES string of the molecule is O=C(NC(Cc1ccccc1)C(=O)O)C1=CO[C@@H](O[C@@H]2O[C@H](CO)[C@@H](O)[C@H](O)[C@H]2O)[C@@H]2C(CO)=CC[C@H]12. The number of hydrogen-bond acceptors (Lipinski definition) is 10. The summed E-state index contributed by atoms with van der Waals surface area (Å²) in [6, 6.07) is 7.68. The molecule has 37 heavy (non-hydrogen) atoms. The molecule has 1 aromatic rings. The van der Waals surface area contributed by atoms with E-state index in [2.05, 4.69) is 5.32 Å². The third-order valence-corrected chi connectivity index (χ3v) is 6.96. The van der Waals surface area contributed by atoms with Crippen LogP contribution in [0.5, 0.6) is 0 Å². The van der Waals surface area contributed by atoms with Crippen LogP contribution in [0.2, 0.25) is 0 Å². The van der Waals surface area contributed by atoms with E-state index in [0.29, 0.717) is 12.0 Å². The molecule has 1 aromatic carbocycles. The van der Waals surface area contributed by atoms with E-state index in [1.165, 1.54) is 0 Å². The van der Waals surface area contributed by atoms with Crippen LogP contribution < -0.4 is 5.32 Å². The van der Waals surface area contributed by atoms with Gasteiger partial charge in [0.1, 0.15) is 30.5 Å². The van der Waals surface area contributed by atoms with Crippen molar-refractivity contribution >= 4 is 11.9 Å². The van der Waals surface area contributed by atoms with Gasteiger partial charge in [-0.05, 0) is 17.6 Å². The first-order valence-electron chi connectivity index (χ1n) is 11.9. The average Bonchev–Trinajstić information content (AvgIpc) is 3.34. The average molecular weight is 522 g/mol. The van der Waals surface area contributed by atoms with Crippen molar-refractivity contribution in [2.75, 3.05) is 13.2 Å². The summed E-state index contributed by atoms with van der Waals surface area (Å²) in [4.78, 5) is 25.0. The largest absolute Gasteiger partial charge is 0.480 e. The molecule has 0 radical (unpaired) electrons. The Labute approximate surface area is 212 Å². The predicted octanol–water partition coefficient (Wildman–Crippen LogP) is -1.59. The van der Waals surface area contributed by atoms with Crippen LogP contribution in [0.3, 0.4) is 0 Å². The molecule has 2 aliphatic heterocycles. The van der Waals surface area contributed by atoms with Gasteiger partial charge >= 0.3 is 5.97 Å². The number of carboxylic acids is 1. The highest BCUT2D eigenvalue weighted by Crippen LogP contribution is 2.44. The van der Waals surface area contributed by atoms with Crippen molar-refractivity contribution in [3.05, 3.63) is 59.4 Å². The van der Waals surface area contributed by atoms with Crippen molar-refractivity contribution in [2.45, 2.75) is 55.9 Å². The van der Waals surface area contributed by atoms with Crippen molar-refractivity contribution in [1.29, 1.82) is 0 Å². The molecule has 12 heteroatoms. The van der Waals surface area contributed by atoms with Gasteiger partial charge in [-0.2, -0.15) is 0 Å². The lowest BCUT2D eigenvalue weighted by Gasteiger charge is -2.43. The fourth-order valence-electron chi connectivity index (χ4n) is 4.93. The Morgan fingerprint density at radius 1 is 1.05 bits per heavy atom. The Kier molecular flexibility index (Phi) is 8.60. The van der Waals surface area contributed by atoms with Gasteiger partial charge in [0, 0.05) is 12.3 Å². The summed E-state index contributed by atoms with van der Waals surface area (Å²) in [6.07, 6.45) is -5.39. The second kappa shape index (κ2) is 11.7. The minimum Gasteiger partial charge on any atom is -0.480 e. The van der Waals surface area contributed by atoms with Gasteiger partial charge in [-0.1, -0.05) is 36.4 Å². The fraction of sp³-hybridized carbons (Fsp3) is 0.520. The van der Waals surface area contributed by atoms with Gasteiger partial charge < -0.3 is 50.2 Å². The van der Waals surface area contributed by atoms with E-state index in [4.69, 9.17) is 14.2 Å². The smallest absolute Gasteiger partial charge is 0.326 e. The zero-order valence-electron chi connectivity index (χ0n) is 19.8. The van der Waals surface area contributed by atoms with E-state index in [9.17, 15) is 40.2 Å². The molecule has 0 aromatic heterocycles. The second-order valence-electron chi connectivity index (χ2n) is 9.27. The standard InChI is InChI=1S/C25H31NO11/c27-9-13-6-7-14-15(22(32)26-16(23(33)34)8-12-4-2-1-3-5-12)11-35-24(18(13)14)37-25-21(31)20(30)19(29)17(10-28)36-25/h1-6,11,14,16-21,24-25,27-31H,7-10H2,(H,26,32)(H,33,34)/t14-,16?,17-,18-,19-,20+,21-,24+,25+/m1/s1. The molecule has 7 N–H and O–H groups in total. The molecule has 1 fully saturated rings. The minimum absolute atomic E-state index is 0.0765. The fourth-order valence-corrected chi connectivity index (χ4v) is 4.93. The molecule has 1 amide bonds. The van der Waals surface area contributed by atoms with Crippen molar-refractivity contribution in [3.63, 3.8) is 0 Å². The number of ether oxygens (including phenoxy) is 3. The Balaban J connectivity index is 1.50. The number of carbonyl (C=O) groups is 2. The highest BCUT2D eigenvalue weighted by molar-refractivity contribution is 5.96. The molecule has 4 rings (SSSR count). The lowest BCUT2D eigenvalue weighted by atomic mass is 9.83. The topological polar surface area (TPSA) is 195 Å². The second-order valence-corrected chi connectivity index (χ2v) is 9.27. The summed E-state index contributed by atoms with van der Waals surface area (Å²) in [5, 5.41) is 61.9. The zero-order chi connectivity index (χ0) is 26.7. The first-order chi connectivity index (χ1) is 17.7. The maximum atomic E-state index is 13.1. The molecule has 0 spiro atoms. The van der Waals surface area contributed by atoms with Crippen LogP contribution in [0, 0.1) is 11.8 Å². The van der Waals surface area contributed by atoms with E-state index in [-0.39, 0.29) is 18.6 Å². The molecule has 202 valence electrons. The number of rotatable bonds is 9. The molecule has 0 saturated carbocycles. The molecule has 2 heterocycles. The molecular formula is C25H31NO11. The van der Waals surface area contributed by atoms with Crippen molar-refractivity contribution in [3.8, 4) is 0 Å². The van der Waals surface area contributed by atoms with Crippen LogP contribution >= 0.6 is 0 Å². The van der Waals surface area contributed by atoms with Crippen LogP contribution in [0.15, 0.2) is 53.8 Å². The van der Waals surface area contributed by atoms with E-state index < -0.39 is 73.4 Å². The number of nitrogens with one attached hydrogen (secondary N) is 1. The zero-order valence-corrected chi connectivity index (χ0v) is 19.8. The Hall–Kier alpha value is -2.84. The lowest BCUT2D eigenvalue weighted by molar-refractivity contribution is -0.339. The number of hydrogen-bond donors (Lipinski definition) is 7. The van der Waals surface area contributed by atoms with Crippen LogP contribution in [-0.2, 0) is 30.2 Å². The number of benzene rings is 1. The molecule has 3 aliphatic rings. The normalized spacial score (nSPS) is 34.0. The number of amides is 1. The maximum Gasteiger partial charge on any atom is 0.326 e. The third-order valence-electron chi connectivity index (χ3n) is 6.96. The number of allylic oxidation sites excluding steroid dienone is 1.